The van der Waals surface area contributed by atoms with Crippen LogP contribution in [0.25, 0.3) is 6.08 Å². The molecule has 3 rings (SSSR count). The molecule has 1 fully saturated rings. The number of hydrogen-bond donors (Lipinski definition) is 0. The van der Waals surface area contributed by atoms with E-state index in [4.69, 9.17) is 27.9 Å². The SMILES string of the molecule is O=C1S/C(=C\c2ccc(Cl)cc2Cl)C(=O)N1CCOc1ccc(F)cc1. The summed E-state index contributed by atoms with van der Waals surface area (Å²) in [5.74, 6) is -0.315. The van der Waals surface area contributed by atoms with E-state index in [2.05, 4.69) is 0 Å². The summed E-state index contributed by atoms with van der Waals surface area (Å²) >= 11 is 12.8. The molecule has 0 bridgehead atoms. The van der Waals surface area contributed by atoms with Gasteiger partial charge in [0.1, 0.15) is 18.2 Å². The number of amides is 2. The lowest BCUT2D eigenvalue weighted by molar-refractivity contribution is -0.123. The van der Waals surface area contributed by atoms with Gasteiger partial charge in [-0.3, -0.25) is 14.5 Å². The molecule has 0 N–H and O–H groups in total. The predicted molar refractivity (Wildman–Crippen MR) is 101 cm³/mol. The molecule has 0 aliphatic carbocycles. The van der Waals surface area contributed by atoms with E-state index < -0.39 is 5.91 Å². The zero-order chi connectivity index (χ0) is 18.7. The van der Waals surface area contributed by atoms with Crippen LogP contribution in [0.4, 0.5) is 9.18 Å². The van der Waals surface area contributed by atoms with Crippen molar-refractivity contribution in [2.75, 3.05) is 13.2 Å². The standard InChI is InChI=1S/C18H12Cl2FNO3S/c19-12-2-1-11(15(20)10-12)9-16-17(23)22(18(24)26-16)7-8-25-14-5-3-13(21)4-6-14/h1-6,9-10H,7-8H2/b16-9-. The maximum Gasteiger partial charge on any atom is 0.293 e. The number of hydrogen-bond acceptors (Lipinski definition) is 4. The smallest absolute Gasteiger partial charge is 0.293 e. The van der Waals surface area contributed by atoms with Crippen LogP contribution < -0.4 is 4.74 Å². The molecule has 1 aliphatic rings. The Kier molecular flexibility index (Phi) is 5.86. The Balaban J connectivity index is 1.64. The molecule has 1 aliphatic heterocycles. The van der Waals surface area contributed by atoms with Crippen LogP contribution in [-0.2, 0) is 4.79 Å². The minimum Gasteiger partial charge on any atom is -0.492 e. The van der Waals surface area contributed by atoms with Crippen molar-refractivity contribution in [1.82, 2.24) is 4.90 Å². The zero-order valence-electron chi connectivity index (χ0n) is 13.2. The molecule has 8 heteroatoms. The summed E-state index contributed by atoms with van der Waals surface area (Å²) in [5, 5.41) is 0.496. The number of thioether (sulfide) groups is 1. The molecule has 134 valence electrons. The number of carbonyl (C=O) groups excluding carboxylic acids is 2. The van der Waals surface area contributed by atoms with Gasteiger partial charge in [0.2, 0.25) is 0 Å². The number of benzene rings is 2. The van der Waals surface area contributed by atoms with Gasteiger partial charge in [-0.15, -0.1) is 0 Å². The quantitative estimate of drug-likeness (QED) is 0.630. The molecule has 1 saturated heterocycles. The molecule has 0 unspecified atom stereocenters. The van der Waals surface area contributed by atoms with Crippen LogP contribution in [0, 0.1) is 5.82 Å². The fourth-order valence-corrected chi connectivity index (χ4v) is 3.56. The average molecular weight is 412 g/mol. The molecular formula is C18H12Cl2FNO3S. The van der Waals surface area contributed by atoms with E-state index in [-0.39, 0.29) is 29.1 Å². The molecular weight excluding hydrogens is 400 g/mol. The van der Waals surface area contributed by atoms with E-state index in [1.807, 2.05) is 0 Å². The highest BCUT2D eigenvalue weighted by Crippen LogP contribution is 2.33. The van der Waals surface area contributed by atoms with Gasteiger partial charge < -0.3 is 4.74 Å². The second-order valence-electron chi connectivity index (χ2n) is 5.30. The van der Waals surface area contributed by atoms with Crippen molar-refractivity contribution in [2.24, 2.45) is 0 Å². The van der Waals surface area contributed by atoms with E-state index in [1.54, 1.807) is 24.3 Å². The molecule has 4 nitrogen and oxygen atoms in total. The molecule has 0 saturated carbocycles. The van der Waals surface area contributed by atoms with Gasteiger partial charge in [-0.2, -0.15) is 0 Å². The summed E-state index contributed by atoms with van der Waals surface area (Å²) in [5.41, 5.74) is 0.601. The van der Waals surface area contributed by atoms with Gasteiger partial charge in [-0.25, -0.2) is 4.39 Å². The second kappa shape index (κ2) is 8.12. The fourth-order valence-electron chi connectivity index (χ4n) is 2.24. The van der Waals surface area contributed by atoms with Crippen LogP contribution in [0.5, 0.6) is 5.75 Å². The molecule has 26 heavy (non-hydrogen) atoms. The van der Waals surface area contributed by atoms with E-state index in [1.165, 1.54) is 24.3 Å². The summed E-state index contributed by atoms with van der Waals surface area (Å²) < 4.78 is 18.3. The minimum atomic E-state index is -0.409. The van der Waals surface area contributed by atoms with Crippen molar-refractivity contribution < 1.29 is 18.7 Å². The topological polar surface area (TPSA) is 46.6 Å². The van der Waals surface area contributed by atoms with Gasteiger partial charge in [-0.1, -0.05) is 29.3 Å². The Labute approximate surface area is 163 Å². The van der Waals surface area contributed by atoms with E-state index in [0.29, 0.717) is 21.4 Å². The number of halogens is 3. The summed E-state index contributed by atoms with van der Waals surface area (Å²) in [6.07, 6.45) is 1.56. The average Bonchev–Trinajstić information content (AvgIpc) is 2.86. The fraction of sp³-hybridized carbons (Fsp3) is 0.111. The maximum atomic E-state index is 12.9. The maximum absolute atomic E-state index is 12.9. The molecule has 1 heterocycles. The Bertz CT molecular complexity index is 887. The highest BCUT2D eigenvalue weighted by atomic mass is 35.5. The third-order valence-corrected chi connectivity index (χ3v) is 4.99. The van der Waals surface area contributed by atoms with Crippen LogP contribution in [-0.4, -0.2) is 29.2 Å². The van der Waals surface area contributed by atoms with Crippen LogP contribution in [0.3, 0.4) is 0 Å². The number of imide groups is 1. The molecule has 0 radical (unpaired) electrons. The lowest BCUT2D eigenvalue weighted by Crippen LogP contribution is -2.32. The first-order valence-electron chi connectivity index (χ1n) is 7.53. The van der Waals surface area contributed by atoms with Gasteiger partial charge in [0.15, 0.2) is 0 Å². The van der Waals surface area contributed by atoms with Crippen molar-refractivity contribution in [2.45, 2.75) is 0 Å². The monoisotopic (exact) mass is 411 g/mol. The third kappa shape index (κ3) is 4.38. The van der Waals surface area contributed by atoms with Gasteiger partial charge in [0.05, 0.1) is 11.4 Å². The molecule has 0 aromatic heterocycles. The van der Waals surface area contributed by atoms with Crippen molar-refractivity contribution in [3.63, 3.8) is 0 Å². The van der Waals surface area contributed by atoms with Crippen LogP contribution in [0.2, 0.25) is 10.0 Å². The number of carbonyl (C=O) groups is 2. The van der Waals surface area contributed by atoms with Crippen molar-refractivity contribution in [3.05, 3.63) is 68.8 Å². The Morgan fingerprint density at radius 2 is 1.85 bits per heavy atom. The van der Waals surface area contributed by atoms with Crippen molar-refractivity contribution >= 4 is 52.2 Å². The Morgan fingerprint density at radius 1 is 1.12 bits per heavy atom. The number of ether oxygens (including phenoxy) is 1. The van der Waals surface area contributed by atoms with Crippen LogP contribution >= 0.6 is 35.0 Å². The summed E-state index contributed by atoms with van der Waals surface area (Å²) in [6.45, 7) is 0.201. The van der Waals surface area contributed by atoms with E-state index in [0.717, 1.165) is 16.7 Å². The summed E-state index contributed by atoms with van der Waals surface area (Å²) in [6, 6.07) is 10.4. The lowest BCUT2D eigenvalue weighted by atomic mass is 10.2. The minimum absolute atomic E-state index is 0.0910. The highest BCUT2D eigenvalue weighted by Gasteiger charge is 2.34. The first kappa shape index (κ1) is 18.8. The first-order valence-corrected chi connectivity index (χ1v) is 9.10. The molecule has 0 spiro atoms. The summed E-state index contributed by atoms with van der Waals surface area (Å²) in [7, 11) is 0. The molecule has 2 aromatic rings. The Hall–Kier alpha value is -2.02. The third-order valence-electron chi connectivity index (χ3n) is 3.52. The van der Waals surface area contributed by atoms with E-state index in [9.17, 15) is 14.0 Å². The largest absolute Gasteiger partial charge is 0.492 e. The molecule has 2 aromatic carbocycles. The van der Waals surface area contributed by atoms with Crippen LogP contribution in [0.1, 0.15) is 5.56 Å². The number of nitrogens with zero attached hydrogens (tertiary/aromatic N) is 1. The van der Waals surface area contributed by atoms with Crippen LogP contribution in [0.15, 0.2) is 47.4 Å². The van der Waals surface area contributed by atoms with Gasteiger partial charge in [-0.05, 0) is 59.8 Å². The lowest BCUT2D eigenvalue weighted by Gasteiger charge is -2.13. The van der Waals surface area contributed by atoms with Gasteiger partial charge in [0, 0.05) is 10.0 Å². The van der Waals surface area contributed by atoms with Gasteiger partial charge in [0.25, 0.3) is 11.1 Å². The zero-order valence-corrected chi connectivity index (χ0v) is 15.6. The second-order valence-corrected chi connectivity index (χ2v) is 7.14. The summed E-state index contributed by atoms with van der Waals surface area (Å²) in [4.78, 5) is 25.9. The van der Waals surface area contributed by atoms with E-state index >= 15 is 0 Å². The normalized spacial score (nSPS) is 15.8. The Morgan fingerprint density at radius 3 is 2.54 bits per heavy atom. The van der Waals surface area contributed by atoms with Gasteiger partial charge >= 0.3 is 0 Å². The first-order chi connectivity index (χ1) is 12.4. The molecule has 2 amide bonds. The molecule has 0 atom stereocenters. The highest BCUT2D eigenvalue weighted by molar-refractivity contribution is 8.18. The van der Waals surface area contributed by atoms with Crippen molar-refractivity contribution in [3.8, 4) is 5.75 Å². The van der Waals surface area contributed by atoms with Crippen molar-refractivity contribution in [1.29, 1.82) is 0 Å². The number of rotatable bonds is 5. The predicted octanol–water partition coefficient (Wildman–Crippen LogP) is 5.25.